The molecule has 0 bridgehead atoms. The Bertz CT molecular complexity index is 3630. The first-order valence-corrected chi connectivity index (χ1v) is 33.3. The maximum Gasteiger partial charge on any atom is 0.410 e. The van der Waals surface area contributed by atoms with Gasteiger partial charge < -0.3 is 44.9 Å². The number of hydrogen-bond donors (Lipinski definition) is 3. The number of benzene rings is 3. The monoisotopic (exact) mass is 1350 g/mol. The van der Waals surface area contributed by atoms with Gasteiger partial charge in [0.15, 0.2) is 17.5 Å². The molecule has 3 heterocycles. The molecular formula is C71H102N18O9. The molecule has 530 valence electrons. The summed E-state index contributed by atoms with van der Waals surface area (Å²) < 4.78 is 16.4. The number of likely N-dealkylation sites (N-methyl/N-ethyl adjacent to an activating group) is 3. The van der Waals surface area contributed by atoms with Crippen LogP contribution in [0.1, 0.15) is 212 Å². The fourth-order valence-electron chi connectivity index (χ4n) is 10.0. The summed E-state index contributed by atoms with van der Waals surface area (Å²) >= 11 is 0. The number of carbonyl (C=O) groups is 6. The first-order valence-electron chi connectivity index (χ1n) is 33.3. The molecule has 5 unspecified atom stereocenters. The molecule has 2 aliphatic carbocycles. The van der Waals surface area contributed by atoms with Crippen LogP contribution in [0.25, 0.3) is 34.2 Å². The Hall–Kier alpha value is -9.30. The number of nitrogens with one attached hydrogen (secondary N) is 3. The minimum atomic E-state index is -0.555. The Morgan fingerprint density at radius 1 is 0.398 bits per heavy atom. The first-order chi connectivity index (χ1) is 45.5. The third-order valence-corrected chi connectivity index (χ3v) is 15.7. The number of nitrogens with zero attached hydrogens (tertiary/aromatic N) is 15. The predicted molar refractivity (Wildman–Crippen MR) is 374 cm³/mol. The molecule has 3 N–H and O–H groups in total. The van der Waals surface area contributed by atoms with Crippen molar-refractivity contribution < 1.29 is 43.0 Å². The van der Waals surface area contributed by atoms with Crippen LogP contribution in [-0.2, 0) is 28.6 Å². The lowest BCUT2D eigenvalue weighted by atomic mass is 9.83. The molecule has 3 aromatic heterocycles. The van der Waals surface area contributed by atoms with Crippen LogP contribution in [0.15, 0.2) is 72.8 Å². The van der Waals surface area contributed by atoms with Crippen molar-refractivity contribution in [3.8, 4) is 34.2 Å². The molecule has 98 heavy (non-hydrogen) atoms. The van der Waals surface area contributed by atoms with E-state index in [1.807, 2.05) is 168 Å². The largest absolute Gasteiger partial charge is 0.444 e. The fourth-order valence-corrected chi connectivity index (χ4v) is 10.0. The second-order valence-electron chi connectivity index (χ2n) is 31.1. The van der Waals surface area contributed by atoms with E-state index in [0.717, 1.165) is 61.6 Å². The maximum absolute atomic E-state index is 12.6. The number of rotatable bonds is 13. The average Bonchev–Trinajstić information content (AvgIpc) is 1.22. The van der Waals surface area contributed by atoms with Crippen LogP contribution in [0.2, 0.25) is 0 Å². The van der Waals surface area contributed by atoms with Gasteiger partial charge in [-0.25, -0.2) is 14.4 Å². The maximum atomic E-state index is 12.6. The molecule has 8 rings (SSSR count). The first kappa shape index (κ1) is 77.7. The van der Waals surface area contributed by atoms with E-state index in [2.05, 4.69) is 77.1 Å². The van der Waals surface area contributed by atoms with Crippen molar-refractivity contribution in [3.63, 3.8) is 0 Å². The van der Waals surface area contributed by atoms with Crippen molar-refractivity contribution in [1.29, 1.82) is 0 Å². The summed E-state index contributed by atoms with van der Waals surface area (Å²) in [4.78, 5) is 78.5. The van der Waals surface area contributed by atoms with Gasteiger partial charge in [0.2, 0.25) is 35.2 Å². The van der Waals surface area contributed by atoms with E-state index in [0.29, 0.717) is 58.6 Å². The zero-order valence-corrected chi connectivity index (χ0v) is 61.4. The predicted octanol–water partition coefficient (Wildman–Crippen LogP) is 13.1. The number of hydrogen-bond acceptors (Lipinski definition) is 21. The highest BCUT2D eigenvalue weighted by molar-refractivity contribution is 5.96. The molecule has 6 aromatic rings. The van der Waals surface area contributed by atoms with Crippen molar-refractivity contribution in [1.82, 2.24) is 75.9 Å². The van der Waals surface area contributed by atoms with Crippen LogP contribution in [0.3, 0.4) is 0 Å². The highest BCUT2D eigenvalue weighted by Gasteiger charge is 2.39. The van der Waals surface area contributed by atoms with Crippen molar-refractivity contribution in [2.75, 3.05) is 43.6 Å². The van der Waals surface area contributed by atoms with Gasteiger partial charge in [0.05, 0.1) is 0 Å². The Labute approximate surface area is 577 Å². The van der Waals surface area contributed by atoms with Crippen molar-refractivity contribution in [2.45, 2.75) is 223 Å². The summed E-state index contributed by atoms with van der Waals surface area (Å²) in [5, 5.41) is 59.9. The van der Waals surface area contributed by atoms with Crippen LogP contribution in [-0.4, -0.2) is 168 Å². The minimum Gasteiger partial charge on any atom is -0.444 e. The molecule has 0 spiro atoms. The zero-order valence-electron chi connectivity index (χ0n) is 61.4. The van der Waals surface area contributed by atoms with Gasteiger partial charge in [0.25, 0.3) is 0 Å². The second-order valence-corrected chi connectivity index (χ2v) is 31.1. The van der Waals surface area contributed by atoms with Gasteiger partial charge in [0.1, 0.15) is 16.8 Å². The minimum absolute atomic E-state index is 0.0356. The normalized spacial score (nSPS) is 16.8. The molecule has 27 nitrogen and oxygen atoms in total. The van der Waals surface area contributed by atoms with E-state index < -0.39 is 39.1 Å². The molecular weight excluding hydrogens is 1250 g/mol. The quantitative estimate of drug-likeness (QED) is 0.0904. The molecule has 0 aliphatic heterocycles. The molecule has 3 aromatic carbocycles. The van der Waals surface area contributed by atoms with Crippen molar-refractivity contribution >= 4 is 53.1 Å². The summed E-state index contributed by atoms with van der Waals surface area (Å²) in [5.41, 5.74) is 1.27. The van der Waals surface area contributed by atoms with Crippen LogP contribution >= 0.6 is 0 Å². The third kappa shape index (κ3) is 23.5. The lowest BCUT2D eigenvalue weighted by molar-refractivity contribution is -0.123. The van der Waals surface area contributed by atoms with E-state index in [9.17, 15) is 28.8 Å². The number of anilines is 3. The van der Waals surface area contributed by atoms with E-state index in [-0.39, 0.29) is 59.7 Å². The van der Waals surface area contributed by atoms with Gasteiger partial charge in [-0.05, 0) is 161 Å². The highest BCUT2D eigenvalue weighted by Crippen LogP contribution is 2.38. The van der Waals surface area contributed by atoms with Crippen molar-refractivity contribution in [2.24, 2.45) is 16.2 Å². The molecule has 2 saturated carbocycles. The molecule has 0 saturated heterocycles. The standard InChI is InChI=1S/C25H36N6O3.C24H34N6O3.C22H32N6O3/c1-24(2,3)22(32)26-17-14-12-16(13-15-17)20-27-29-21(30-28-20)18-10-8-9-11-19(18)31(7)23(33)34-25(4,5)6;1-23(2,3)21(31)25-16-13-11-15(12-14-16)19-26-28-20(29-27-19)17-9-8-10-18(17)30(7)22(32)33-24(4,5)6;1-14(13-28(8)20(30)31-22(5,6)7)17-24-26-18(27-25-17)15-9-11-16(12-10-15)23-19(29)21(2,3)4/h12-15,18-19H,8-11H2,1-7H3,(H,26,32);11-14,17-18H,8-10H2,1-7H3,(H,25,31);9-12,14H,13H2,1-8H3,(H,23,29). The van der Waals surface area contributed by atoms with Crippen LogP contribution in [0, 0.1) is 16.2 Å². The summed E-state index contributed by atoms with van der Waals surface area (Å²) in [5.74, 6) is 2.29. The summed E-state index contributed by atoms with van der Waals surface area (Å²) in [6.07, 6.45) is 5.37. The van der Waals surface area contributed by atoms with E-state index in [1.54, 1.807) is 67.3 Å². The fraction of sp³-hybridized carbons (Fsp3) is 0.577. The summed E-state index contributed by atoms with van der Waals surface area (Å²) in [6.45, 7) is 35.6. The summed E-state index contributed by atoms with van der Waals surface area (Å²) in [6, 6.07) is 21.6. The van der Waals surface area contributed by atoms with E-state index in [1.165, 1.54) is 4.90 Å². The number of carbonyl (C=O) groups excluding carboxylic acids is 6. The SMILES string of the molecule is CC(CN(C)C(=O)OC(C)(C)C)c1nnc(-c2ccc(NC(=O)C(C)(C)C)cc2)nn1.CN(C(=O)OC(C)(C)C)C1CCCC1c1nnc(-c2ccc(NC(=O)C(C)(C)C)cc2)nn1.CN(C(=O)OC(C)(C)C)C1CCCCC1c1nnc(-c2ccc(NC(=O)C(C)(C)C)cc2)nn1. The van der Waals surface area contributed by atoms with Crippen LogP contribution < -0.4 is 16.0 Å². The Balaban J connectivity index is 0.000000232. The Kier molecular flexibility index (Phi) is 25.7. The van der Waals surface area contributed by atoms with Gasteiger partial charge in [-0.1, -0.05) is 88.5 Å². The van der Waals surface area contributed by atoms with Gasteiger partial charge >= 0.3 is 18.3 Å². The zero-order chi connectivity index (χ0) is 72.9. The topological polar surface area (TPSA) is 331 Å². The van der Waals surface area contributed by atoms with Crippen LogP contribution in [0.4, 0.5) is 31.4 Å². The second kappa shape index (κ2) is 32.4. The number of aromatic nitrogens is 12. The smallest absolute Gasteiger partial charge is 0.410 e. The highest BCUT2D eigenvalue weighted by atomic mass is 16.6. The van der Waals surface area contributed by atoms with Gasteiger partial charge in [-0.3, -0.25) is 14.4 Å². The molecule has 2 fully saturated rings. The Morgan fingerprint density at radius 3 is 0.980 bits per heavy atom. The van der Waals surface area contributed by atoms with E-state index >= 15 is 0 Å². The Morgan fingerprint density at radius 2 is 0.673 bits per heavy atom. The summed E-state index contributed by atoms with van der Waals surface area (Å²) in [7, 11) is 5.19. The molecule has 0 radical (unpaired) electrons. The average molecular weight is 1350 g/mol. The van der Waals surface area contributed by atoms with Gasteiger partial charge in [0, 0.05) is 108 Å². The molecule has 27 heteroatoms. The number of amides is 6. The molecule has 6 amide bonds. The lowest BCUT2D eigenvalue weighted by Gasteiger charge is -2.37. The molecule has 5 atom stereocenters. The third-order valence-electron chi connectivity index (χ3n) is 15.7. The van der Waals surface area contributed by atoms with Crippen molar-refractivity contribution in [3.05, 3.63) is 90.3 Å². The number of ether oxygens (including phenoxy) is 3. The van der Waals surface area contributed by atoms with Gasteiger partial charge in [-0.2, -0.15) is 0 Å². The van der Waals surface area contributed by atoms with Gasteiger partial charge in [-0.15, -0.1) is 61.2 Å². The molecule has 2 aliphatic rings. The van der Waals surface area contributed by atoms with E-state index in [4.69, 9.17) is 14.2 Å². The lowest BCUT2D eigenvalue weighted by Crippen LogP contribution is -2.45. The van der Waals surface area contributed by atoms with Crippen LogP contribution in [0.5, 0.6) is 0 Å².